The van der Waals surface area contributed by atoms with Gasteiger partial charge in [0, 0.05) is 10.6 Å². The molecule has 0 unspecified atom stereocenters. The van der Waals surface area contributed by atoms with Crippen molar-refractivity contribution < 1.29 is 5.11 Å². The van der Waals surface area contributed by atoms with Crippen molar-refractivity contribution in [2.24, 2.45) is 0 Å². The minimum Gasteiger partial charge on any atom is -0.389 e. The molecular formula is C17H17ClN2O. The first-order valence-corrected chi connectivity index (χ1v) is 7.24. The summed E-state index contributed by atoms with van der Waals surface area (Å²) in [4.78, 5) is 4.38. The van der Waals surface area contributed by atoms with Crippen molar-refractivity contribution in [1.29, 1.82) is 0 Å². The van der Waals surface area contributed by atoms with E-state index >= 15 is 0 Å². The molecule has 0 bridgehead atoms. The number of imidazole rings is 1. The van der Waals surface area contributed by atoms with Crippen LogP contribution in [0.15, 0.2) is 48.8 Å². The minimum atomic E-state index is -0.784. The van der Waals surface area contributed by atoms with Crippen LogP contribution in [0.25, 0.3) is 22.2 Å². The molecule has 2 aromatic carbocycles. The summed E-state index contributed by atoms with van der Waals surface area (Å²) < 4.78 is 1.97. The molecule has 0 aliphatic carbocycles. The summed E-state index contributed by atoms with van der Waals surface area (Å²) >= 11 is 6.27. The summed E-state index contributed by atoms with van der Waals surface area (Å²) in [6, 6.07) is 13.8. The quantitative estimate of drug-likeness (QED) is 0.790. The molecule has 0 atom stereocenters. The molecule has 0 aliphatic heterocycles. The Bertz CT molecular complexity index is 787. The lowest BCUT2D eigenvalue weighted by atomic mass is 10.0. The van der Waals surface area contributed by atoms with Crippen molar-refractivity contribution in [3.05, 3.63) is 53.8 Å². The SMILES string of the molecule is CC(C)(O)Cn1cnc2ccc(-c3ccccc3Cl)cc21. The predicted molar refractivity (Wildman–Crippen MR) is 86.5 cm³/mol. The van der Waals surface area contributed by atoms with E-state index in [1.165, 1.54) is 0 Å². The first-order valence-electron chi connectivity index (χ1n) is 6.86. The van der Waals surface area contributed by atoms with E-state index in [0.717, 1.165) is 27.2 Å². The van der Waals surface area contributed by atoms with Gasteiger partial charge in [-0.05, 0) is 37.6 Å². The van der Waals surface area contributed by atoms with Crippen molar-refractivity contribution in [1.82, 2.24) is 9.55 Å². The van der Waals surface area contributed by atoms with Gasteiger partial charge in [0.15, 0.2) is 0 Å². The molecule has 0 saturated carbocycles. The zero-order valence-corrected chi connectivity index (χ0v) is 12.8. The van der Waals surface area contributed by atoms with Crippen molar-refractivity contribution in [3.8, 4) is 11.1 Å². The summed E-state index contributed by atoms with van der Waals surface area (Å²) in [5.41, 5.74) is 3.17. The van der Waals surface area contributed by atoms with E-state index in [9.17, 15) is 5.11 Å². The number of rotatable bonds is 3. The lowest BCUT2D eigenvalue weighted by Crippen LogP contribution is -2.25. The largest absolute Gasteiger partial charge is 0.389 e. The number of nitrogens with zero attached hydrogens (tertiary/aromatic N) is 2. The number of hydrogen-bond donors (Lipinski definition) is 1. The third-order valence-corrected chi connectivity index (χ3v) is 3.69. The smallest absolute Gasteiger partial charge is 0.0959 e. The molecule has 0 fully saturated rings. The highest BCUT2D eigenvalue weighted by Crippen LogP contribution is 2.30. The van der Waals surface area contributed by atoms with E-state index in [2.05, 4.69) is 11.1 Å². The predicted octanol–water partition coefficient (Wildman–Crippen LogP) is 4.13. The Morgan fingerprint density at radius 3 is 2.67 bits per heavy atom. The molecule has 3 nitrogen and oxygen atoms in total. The highest BCUT2D eigenvalue weighted by atomic mass is 35.5. The molecule has 0 amide bonds. The summed E-state index contributed by atoms with van der Waals surface area (Å²) in [6.07, 6.45) is 1.76. The van der Waals surface area contributed by atoms with Gasteiger partial charge < -0.3 is 9.67 Å². The Balaban J connectivity index is 2.11. The van der Waals surface area contributed by atoms with E-state index in [1.54, 1.807) is 20.2 Å². The van der Waals surface area contributed by atoms with Crippen LogP contribution in [0.1, 0.15) is 13.8 Å². The van der Waals surface area contributed by atoms with Crippen LogP contribution in [-0.2, 0) is 6.54 Å². The lowest BCUT2D eigenvalue weighted by Gasteiger charge is -2.18. The molecule has 0 saturated heterocycles. The second-order valence-electron chi connectivity index (χ2n) is 5.87. The molecule has 108 valence electrons. The fourth-order valence-electron chi connectivity index (χ4n) is 2.46. The zero-order valence-electron chi connectivity index (χ0n) is 12.0. The number of halogens is 1. The first-order chi connectivity index (χ1) is 9.94. The third kappa shape index (κ3) is 2.94. The number of aliphatic hydroxyl groups is 1. The van der Waals surface area contributed by atoms with Crippen LogP contribution < -0.4 is 0 Å². The Kier molecular flexibility index (Phi) is 3.47. The van der Waals surface area contributed by atoms with Crippen molar-refractivity contribution in [2.45, 2.75) is 26.0 Å². The molecule has 0 aliphatic rings. The van der Waals surface area contributed by atoms with E-state index in [4.69, 9.17) is 11.6 Å². The van der Waals surface area contributed by atoms with Gasteiger partial charge in [0.2, 0.25) is 0 Å². The van der Waals surface area contributed by atoms with Crippen molar-refractivity contribution in [2.75, 3.05) is 0 Å². The molecule has 21 heavy (non-hydrogen) atoms. The maximum atomic E-state index is 10.0. The summed E-state index contributed by atoms with van der Waals surface area (Å²) in [5, 5.41) is 10.7. The molecule has 1 heterocycles. The first kappa shape index (κ1) is 14.1. The van der Waals surface area contributed by atoms with Crippen LogP contribution in [0, 0.1) is 0 Å². The van der Waals surface area contributed by atoms with E-state index in [-0.39, 0.29) is 0 Å². The Labute approximate surface area is 128 Å². The Hall–Kier alpha value is -1.84. The fraction of sp³-hybridized carbons (Fsp3) is 0.235. The normalized spacial score (nSPS) is 12.0. The fourth-order valence-corrected chi connectivity index (χ4v) is 2.71. The molecule has 1 N–H and O–H groups in total. The Morgan fingerprint density at radius 2 is 1.95 bits per heavy atom. The van der Waals surface area contributed by atoms with E-state index in [1.807, 2.05) is 41.0 Å². The standard InChI is InChI=1S/C17H17ClN2O/c1-17(2,21)10-20-11-19-15-8-7-12(9-16(15)20)13-5-3-4-6-14(13)18/h3-9,11,21H,10H2,1-2H3. The van der Waals surface area contributed by atoms with Gasteiger partial charge in [0.1, 0.15) is 0 Å². The molecule has 0 radical (unpaired) electrons. The monoisotopic (exact) mass is 300 g/mol. The molecular weight excluding hydrogens is 284 g/mol. The maximum Gasteiger partial charge on any atom is 0.0959 e. The average molecular weight is 301 g/mol. The van der Waals surface area contributed by atoms with Gasteiger partial charge >= 0.3 is 0 Å². The number of aromatic nitrogens is 2. The summed E-state index contributed by atoms with van der Waals surface area (Å²) in [6.45, 7) is 4.07. The molecule has 3 aromatic rings. The molecule has 0 spiro atoms. The zero-order chi connectivity index (χ0) is 15.0. The maximum absolute atomic E-state index is 10.0. The van der Waals surface area contributed by atoms with Crippen molar-refractivity contribution in [3.63, 3.8) is 0 Å². The minimum absolute atomic E-state index is 0.496. The van der Waals surface area contributed by atoms with Crippen LogP contribution in [-0.4, -0.2) is 20.3 Å². The molecule has 4 heteroatoms. The van der Waals surface area contributed by atoms with Gasteiger partial charge in [-0.15, -0.1) is 0 Å². The van der Waals surface area contributed by atoms with Gasteiger partial charge in [0.05, 0.1) is 29.5 Å². The average Bonchev–Trinajstić information content (AvgIpc) is 2.80. The highest BCUT2D eigenvalue weighted by Gasteiger charge is 2.15. The summed E-state index contributed by atoms with van der Waals surface area (Å²) in [7, 11) is 0. The van der Waals surface area contributed by atoms with Gasteiger partial charge in [-0.3, -0.25) is 0 Å². The number of fused-ring (bicyclic) bond motifs is 1. The summed E-state index contributed by atoms with van der Waals surface area (Å²) in [5.74, 6) is 0. The van der Waals surface area contributed by atoms with Gasteiger partial charge in [0.25, 0.3) is 0 Å². The number of benzene rings is 2. The van der Waals surface area contributed by atoms with Crippen molar-refractivity contribution >= 4 is 22.6 Å². The van der Waals surface area contributed by atoms with E-state index in [0.29, 0.717) is 6.54 Å². The second kappa shape index (κ2) is 5.17. The van der Waals surface area contributed by atoms with E-state index < -0.39 is 5.60 Å². The van der Waals surface area contributed by atoms with Crippen LogP contribution in [0.2, 0.25) is 5.02 Å². The van der Waals surface area contributed by atoms with Gasteiger partial charge in [-0.1, -0.05) is 35.9 Å². The van der Waals surface area contributed by atoms with Gasteiger partial charge in [-0.2, -0.15) is 0 Å². The lowest BCUT2D eigenvalue weighted by molar-refractivity contribution is 0.0627. The number of hydrogen-bond acceptors (Lipinski definition) is 2. The highest BCUT2D eigenvalue weighted by molar-refractivity contribution is 6.33. The van der Waals surface area contributed by atoms with Crippen LogP contribution >= 0.6 is 11.6 Å². The topological polar surface area (TPSA) is 38.0 Å². The van der Waals surface area contributed by atoms with Crippen LogP contribution in [0.3, 0.4) is 0 Å². The Morgan fingerprint density at radius 1 is 1.19 bits per heavy atom. The molecule has 1 aromatic heterocycles. The second-order valence-corrected chi connectivity index (χ2v) is 6.28. The third-order valence-electron chi connectivity index (χ3n) is 3.36. The molecule has 3 rings (SSSR count). The van der Waals surface area contributed by atoms with Crippen LogP contribution in [0.5, 0.6) is 0 Å². The van der Waals surface area contributed by atoms with Gasteiger partial charge in [-0.25, -0.2) is 4.98 Å². The van der Waals surface area contributed by atoms with Crippen LogP contribution in [0.4, 0.5) is 0 Å².